The van der Waals surface area contributed by atoms with Gasteiger partial charge in [0.1, 0.15) is 0 Å². The first kappa shape index (κ1) is 15.1. The summed E-state index contributed by atoms with van der Waals surface area (Å²) in [4.78, 5) is 23.3. The summed E-state index contributed by atoms with van der Waals surface area (Å²) in [5, 5.41) is 16.0. The number of carboxylic acid groups (broad SMARTS) is 1. The van der Waals surface area contributed by atoms with Gasteiger partial charge in [-0.25, -0.2) is 4.79 Å². The van der Waals surface area contributed by atoms with Crippen LogP contribution >= 0.6 is 11.6 Å². The van der Waals surface area contributed by atoms with Crippen molar-refractivity contribution in [3.8, 4) is 0 Å². The van der Waals surface area contributed by atoms with Crippen LogP contribution in [0.4, 0.5) is 5.69 Å². The maximum Gasteiger partial charge on any atom is 0.337 e. The van der Waals surface area contributed by atoms with Crippen molar-refractivity contribution >= 4 is 29.2 Å². The number of aryl methyl sites for hydroxylation is 2. The maximum absolute atomic E-state index is 12.2. The van der Waals surface area contributed by atoms with E-state index in [4.69, 9.17) is 16.7 Å². The molecule has 0 saturated heterocycles. The average molecular weight is 308 g/mol. The molecule has 0 aliphatic rings. The number of carbonyl (C=O) groups excluding carboxylic acids is 1. The second-order valence-corrected chi connectivity index (χ2v) is 4.88. The number of anilines is 1. The van der Waals surface area contributed by atoms with E-state index in [2.05, 4.69) is 10.4 Å². The van der Waals surface area contributed by atoms with Gasteiger partial charge >= 0.3 is 5.97 Å². The fourth-order valence-corrected chi connectivity index (χ4v) is 2.15. The molecule has 1 aromatic carbocycles. The zero-order chi connectivity index (χ0) is 15.6. The molecule has 0 radical (unpaired) electrons. The highest BCUT2D eigenvalue weighted by molar-refractivity contribution is 6.33. The molecule has 0 aliphatic heterocycles. The summed E-state index contributed by atoms with van der Waals surface area (Å²) < 4.78 is 1.57. The van der Waals surface area contributed by atoms with Crippen LogP contribution in [-0.4, -0.2) is 26.8 Å². The van der Waals surface area contributed by atoms with Crippen molar-refractivity contribution in [2.24, 2.45) is 7.05 Å². The molecular weight excluding hydrogens is 294 g/mol. The Morgan fingerprint density at radius 2 is 2.10 bits per heavy atom. The Morgan fingerprint density at radius 1 is 1.38 bits per heavy atom. The lowest BCUT2D eigenvalue weighted by atomic mass is 10.1. The number of rotatable bonds is 4. The van der Waals surface area contributed by atoms with Crippen LogP contribution in [0.1, 0.15) is 33.3 Å². The van der Waals surface area contributed by atoms with Crippen LogP contribution in [0.5, 0.6) is 0 Å². The summed E-state index contributed by atoms with van der Waals surface area (Å²) in [5.41, 5.74) is 1.46. The zero-order valence-electron chi connectivity index (χ0n) is 11.6. The van der Waals surface area contributed by atoms with Gasteiger partial charge in [-0.3, -0.25) is 9.48 Å². The second-order valence-electron chi connectivity index (χ2n) is 4.47. The average Bonchev–Trinajstić information content (AvgIpc) is 2.82. The summed E-state index contributed by atoms with van der Waals surface area (Å²) in [6.07, 6.45) is 2.26. The fraction of sp³-hybridized carbons (Fsp3) is 0.214. The van der Waals surface area contributed by atoms with Gasteiger partial charge in [0, 0.05) is 18.9 Å². The monoisotopic (exact) mass is 307 g/mol. The van der Waals surface area contributed by atoms with Crippen molar-refractivity contribution in [2.45, 2.75) is 13.3 Å². The van der Waals surface area contributed by atoms with Crippen LogP contribution in [0.2, 0.25) is 5.02 Å². The summed E-state index contributed by atoms with van der Waals surface area (Å²) in [7, 11) is 1.74. The lowest BCUT2D eigenvalue weighted by molar-refractivity contribution is 0.0696. The number of aromatic nitrogens is 2. The Balaban J connectivity index is 2.27. The first-order valence-electron chi connectivity index (χ1n) is 6.29. The van der Waals surface area contributed by atoms with Gasteiger partial charge < -0.3 is 10.4 Å². The topological polar surface area (TPSA) is 84.2 Å². The zero-order valence-corrected chi connectivity index (χ0v) is 12.3. The van der Waals surface area contributed by atoms with Crippen molar-refractivity contribution < 1.29 is 14.7 Å². The number of benzene rings is 1. The van der Waals surface area contributed by atoms with Crippen LogP contribution in [0.15, 0.2) is 24.4 Å². The molecule has 2 rings (SSSR count). The molecule has 7 heteroatoms. The molecule has 0 spiro atoms. The summed E-state index contributed by atoms with van der Waals surface area (Å²) in [6.45, 7) is 1.91. The number of halogens is 1. The predicted molar refractivity (Wildman–Crippen MR) is 79.0 cm³/mol. The van der Waals surface area contributed by atoms with Crippen LogP contribution in [0, 0.1) is 0 Å². The smallest absolute Gasteiger partial charge is 0.337 e. The third kappa shape index (κ3) is 3.22. The van der Waals surface area contributed by atoms with Crippen molar-refractivity contribution in [3.63, 3.8) is 0 Å². The van der Waals surface area contributed by atoms with Crippen molar-refractivity contribution in [3.05, 3.63) is 46.2 Å². The van der Waals surface area contributed by atoms with E-state index < -0.39 is 5.97 Å². The van der Waals surface area contributed by atoms with Gasteiger partial charge in [-0.1, -0.05) is 18.5 Å². The van der Waals surface area contributed by atoms with Crippen LogP contribution < -0.4 is 5.32 Å². The van der Waals surface area contributed by atoms with Crippen LogP contribution in [-0.2, 0) is 13.5 Å². The first-order valence-corrected chi connectivity index (χ1v) is 6.67. The Hall–Kier alpha value is -2.34. The van der Waals surface area contributed by atoms with E-state index in [0.717, 1.165) is 0 Å². The minimum absolute atomic E-state index is 0.0589. The second kappa shape index (κ2) is 5.97. The highest BCUT2D eigenvalue weighted by atomic mass is 35.5. The SMILES string of the molecule is CCc1nn(C)cc1C(=O)Nc1ccc(Cl)c(C(=O)O)c1. The Morgan fingerprint density at radius 3 is 2.71 bits per heavy atom. The number of carboxylic acids is 1. The Labute approximate surface area is 126 Å². The molecule has 1 aromatic heterocycles. The first-order chi connectivity index (χ1) is 9.92. The summed E-state index contributed by atoms with van der Waals surface area (Å²) >= 11 is 5.79. The molecule has 1 heterocycles. The van der Waals surface area contributed by atoms with E-state index in [9.17, 15) is 9.59 Å². The molecule has 6 nitrogen and oxygen atoms in total. The van der Waals surface area contributed by atoms with Gasteiger partial charge in [-0.15, -0.1) is 0 Å². The molecule has 0 bridgehead atoms. The number of carbonyl (C=O) groups is 2. The quantitative estimate of drug-likeness (QED) is 0.909. The number of hydrogen-bond acceptors (Lipinski definition) is 3. The third-order valence-corrected chi connectivity index (χ3v) is 3.27. The summed E-state index contributed by atoms with van der Waals surface area (Å²) in [6, 6.07) is 4.31. The normalized spacial score (nSPS) is 10.4. The van der Waals surface area contributed by atoms with Crippen molar-refractivity contribution in [2.75, 3.05) is 5.32 Å². The van der Waals surface area contributed by atoms with E-state index in [1.54, 1.807) is 24.0 Å². The number of nitrogens with one attached hydrogen (secondary N) is 1. The number of nitrogens with zero attached hydrogens (tertiary/aromatic N) is 2. The molecule has 110 valence electrons. The summed E-state index contributed by atoms with van der Waals surface area (Å²) in [5.74, 6) is -1.48. The van der Waals surface area contributed by atoms with Crippen molar-refractivity contribution in [1.82, 2.24) is 9.78 Å². The molecule has 1 amide bonds. The van der Waals surface area contributed by atoms with Crippen molar-refractivity contribution in [1.29, 1.82) is 0 Å². The molecule has 21 heavy (non-hydrogen) atoms. The lowest BCUT2D eigenvalue weighted by Crippen LogP contribution is -2.13. The molecule has 0 atom stereocenters. The van der Waals surface area contributed by atoms with Gasteiger partial charge in [0.05, 0.1) is 21.8 Å². The van der Waals surface area contributed by atoms with Crippen LogP contribution in [0.25, 0.3) is 0 Å². The predicted octanol–water partition coefficient (Wildman–Crippen LogP) is 2.59. The molecule has 0 saturated carbocycles. The molecule has 0 aliphatic carbocycles. The molecule has 0 unspecified atom stereocenters. The number of hydrogen-bond donors (Lipinski definition) is 2. The van der Waals surface area contributed by atoms with Gasteiger partial charge in [-0.2, -0.15) is 5.10 Å². The Bertz CT molecular complexity index is 709. The highest BCUT2D eigenvalue weighted by Crippen LogP contribution is 2.21. The largest absolute Gasteiger partial charge is 0.478 e. The van der Waals surface area contributed by atoms with Gasteiger partial charge in [-0.05, 0) is 24.6 Å². The molecule has 2 aromatic rings. The van der Waals surface area contributed by atoms with E-state index in [-0.39, 0.29) is 16.5 Å². The highest BCUT2D eigenvalue weighted by Gasteiger charge is 2.16. The molecule has 0 fully saturated rings. The van der Waals surface area contributed by atoms with Crippen LogP contribution in [0.3, 0.4) is 0 Å². The van der Waals surface area contributed by atoms with E-state index in [1.807, 2.05) is 6.92 Å². The maximum atomic E-state index is 12.2. The van der Waals surface area contributed by atoms with Gasteiger partial charge in [0.25, 0.3) is 5.91 Å². The van der Waals surface area contributed by atoms with E-state index in [0.29, 0.717) is 23.4 Å². The molecular formula is C14H14ClN3O3. The lowest BCUT2D eigenvalue weighted by Gasteiger charge is -2.07. The third-order valence-electron chi connectivity index (χ3n) is 2.94. The van der Waals surface area contributed by atoms with Gasteiger partial charge in [0.15, 0.2) is 0 Å². The number of amides is 1. The number of aromatic carboxylic acids is 1. The standard InChI is InChI=1S/C14H14ClN3O3/c1-3-12-10(7-18(2)17-12)13(19)16-8-4-5-11(15)9(6-8)14(20)21/h4-7H,3H2,1-2H3,(H,16,19)(H,20,21). The van der Waals surface area contributed by atoms with E-state index in [1.165, 1.54) is 12.1 Å². The minimum atomic E-state index is -1.15. The minimum Gasteiger partial charge on any atom is -0.478 e. The van der Waals surface area contributed by atoms with E-state index >= 15 is 0 Å². The fourth-order valence-electron chi connectivity index (χ4n) is 1.95. The molecule has 2 N–H and O–H groups in total. The Kier molecular flexibility index (Phi) is 4.28. The van der Waals surface area contributed by atoms with Gasteiger partial charge in [0.2, 0.25) is 0 Å².